The lowest BCUT2D eigenvalue weighted by Gasteiger charge is -2.38. The molecule has 1 aliphatic heterocycles. The lowest BCUT2D eigenvalue weighted by atomic mass is 9.84. The molecule has 4 atom stereocenters. The number of β-amino-alcohol motifs (C(OH)–C–C–N with tert-alkyl or cyclic N) is 1. The van der Waals surface area contributed by atoms with E-state index >= 15 is 0 Å². The molecule has 0 aliphatic carbocycles. The van der Waals surface area contributed by atoms with Gasteiger partial charge >= 0.3 is 0 Å². The molecule has 0 unspecified atom stereocenters. The molecule has 0 amide bonds. The number of aliphatic hydroxyl groups excluding tert-OH is 3. The van der Waals surface area contributed by atoms with E-state index in [1.165, 1.54) is 0 Å². The van der Waals surface area contributed by atoms with Gasteiger partial charge < -0.3 is 26.4 Å². The Morgan fingerprint density at radius 1 is 1.27 bits per heavy atom. The minimum absolute atomic E-state index is 0.0833. The fourth-order valence-electron chi connectivity index (χ4n) is 2.13. The van der Waals surface area contributed by atoms with Gasteiger partial charge in [0.2, 0.25) is 0 Å². The molecule has 15 heavy (non-hydrogen) atoms. The summed E-state index contributed by atoms with van der Waals surface area (Å²) in [6.07, 6.45) is 1.22. The second-order valence-corrected chi connectivity index (χ2v) is 4.20. The SMILES string of the molecule is NCCCC[C@H]1NC[C@@H](O)[C@@H](O)[C@H]1CO. The first kappa shape index (κ1) is 12.9. The molecule has 1 rings (SSSR count). The molecular weight excluding hydrogens is 196 g/mol. The van der Waals surface area contributed by atoms with Gasteiger partial charge in [0.1, 0.15) is 0 Å². The average Bonchev–Trinajstić information content (AvgIpc) is 2.24. The second-order valence-electron chi connectivity index (χ2n) is 4.20. The third kappa shape index (κ3) is 3.39. The predicted molar refractivity (Wildman–Crippen MR) is 57.3 cm³/mol. The smallest absolute Gasteiger partial charge is 0.0927 e. The number of aliphatic hydroxyl groups is 3. The lowest BCUT2D eigenvalue weighted by Crippen LogP contribution is -2.57. The Labute approximate surface area is 90.3 Å². The third-order valence-corrected chi connectivity index (χ3v) is 3.12. The van der Waals surface area contributed by atoms with E-state index in [9.17, 15) is 15.3 Å². The molecule has 0 saturated carbocycles. The van der Waals surface area contributed by atoms with Gasteiger partial charge in [-0.2, -0.15) is 0 Å². The van der Waals surface area contributed by atoms with Crippen molar-refractivity contribution in [1.29, 1.82) is 0 Å². The predicted octanol–water partition coefficient (Wildman–Crippen LogP) is -1.58. The van der Waals surface area contributed by atoms with Crippen molar-refractivity contribution in [2.75, 3.05) is 19.7 Å². The topological polar surface area (TPSA) is 98.7 Å². The summed E-state index contributed by atoms with van der Waals surface area (Å²) in [5.41, 5.74) is 5.40. The van der Waals surface area contributed by atoms with Gasteiger partial charge in [0.15, 0.2) is 0 Å². The molecule has 1 fully saturated rings. The van der Waals surface area contributed by atoms with Crippen LogP contribution in [0, 0.1) is 5.92 Å². The van der Waals surface area contributed by atoms with Gasteiger partial charge in [0.25, 0.3) is 0 Å². The monoisotopic (exact) mass is 218 g/mol. The van der Waals surface area contributed by atoms with E-state index in [0.717, 1.165) is 19.3 Å². The van der Waals surface area contributed by atoms with Crippen LogP contribution in [0.4, 0.5) is 0 Å². The summed E-state index contributed by atoms with van der Waals surface area (Å²) in [5.74, 6) is -0.272. The third-order valence-electron chi connectivity index (χ3n) is 3.12. The van der Waals surface area contributed by atoms with Crippen molar-refractivity contribution in [3.63, 3.8) is 0 Å². The Morgan fingerprint density at radius 3 is 2.60 bits per heavy atom. The van der Waals surface area contributed by atoms with Gasteiger partial charge in [-0.25, -0.2) is 0 Å². The first-order valence-electron chi connectivity index (χ1n) is 5.61. The highest BCUT2D eigenvalue weighted by atomic mass is 16.3. The number of rotatable bonds is 5. The first-order valence-corrected chi connectivity index (χ1v) is 5.61. The van der Waals surface area contributed by atoms with Gasteiger partial charge in [0.05, 0.1) is 12.2 Å². The molecular formula is C10H22N2O3. The van der Waals surface area contributed by atoms with Crippen molar-refractivity contribution in [3.05, 3.63) is 0 Å². The van der Waals surface area contributed by atoms with E-state index in [1.54, 1.807) is 0 Å². The van der Waals surface area contributed by atoms with Gasteiger partial charge in [-0.15, -0.1) is 0 Å². The Hall–Kier alpha value is -0.200. The summed E-state index contributed by atoms with van der Waals surface area (Å²) >= 11 is 0. The first-order chi connectivity index (χ1) is 7.20. The summed E-state index contributed by atoms with van der Waals surface area (Å²) in [6.45, 7) is 0.963. The molecule has 0 radical (unpaired) electrons. The molecule has 0 aromatic heterocycles. The minimum atomic E-state index is -0.820. The quantitative estimate of drug-likeness (QED) is 0.359. The van der Waals surface area contributed by atoms with Crippen molar-refractivity contribution < 1.29 is 15.3 Å². The normalized spacial score (nSPS) is 36.8. The number of hydrogen-bond acceptors (Lipinski definition) is 5. The zero-order valence-electron chi connectivity index (χ0n) is 8.97. The van der Waals surface area contributed by atoms with E-state index in [2.05, 4.69) is 5.32 Å². The molecule has 5 heteroatoms. The van der Waals surface area contributed by atoms with E-state index in [0.29, 0.717) is 13.1 Å². The standard InChI is InChI=1S/C10H22N2O3/c11-4-2-1-3-8-7(6-13)10(15)9(14)5-12-8/h7-10,12-15H,1-6,11H2/t7-,8+,9+,10-/m0/s1. The highest BCUT2D eigenvalue weighted by Crippen LogP contribution is 2.21. The molecule has 1 aliphatic rings. The van der Waals surface area contributed by atoms with E-state index in [1.807, 2.05) is 0 Å². The Kier molecular flexibility index (Phi) is 5.49. The largest absolute Gasteiger partial charge is 0.396 e. The molecule has 90 valence electrons. The Balaban J connectivity index is 2.41. The number of nitrogens with two attached hydrogens (primary N) is 1. The van der Waals surface area contributed by atoms with Crippen LogP contribution in [0.25, 0.3) is 0 Å². The van der Waals surface area contributed by atoms with Gasteiger partial charge in [-0.1, -0.05) is 6.42 Å². The van der Waals surface area contributed by atoms with E-state index in [4.69, 9.17) is 5.73 Å². The number of hydrogen-bond donors (Lipinski definition) is 5. The van der Waals surface area contributed by atoms with E-state index < -0.39 is 12.2 Å². The van der Waals surface area contributed by atoms with Crippen LogP contribution in [0.15, 0.2) is 0 Å². The van der Waals surface area contributed by atoms with Gasteiger partial charge in [-0.3, -0.25) is 0 Å². The molecule has 1 heterocycles. The zero-order valence-corrected chi connectivity index (χ0v) is 8.97. The molecule has 0 aromatic carbocycles. The van der Waals surface area contributed by atoms with Crippen LogP contribution >= 0.6 is 0 Å². The molecule has 0 spiro atoms. The van der Waals surface area contributed by atoms with E-state index in [-0.39, 0.29) is 18.6 Å². The maximum Gasteiger partial charge on any atom is 0.0927 e. The fraction of sp³-hybridized carbons (Fsp3) is 1.00. The summed E-state index contributed by atoms with van der Waals surface area (Å²) in [6, 6.07) is 0.0833. The van der Waals surface area contributed by atoms with Crippen molar-refractivity contribution in [2.24, 2.45) is 11.7 Å². The van der Waals surface area contributed by atoms with Crippen molar-refractivity contribution in [1.82, 2.24) is 5.32 Å². The van der Waals surface area contributed by atoms with Crippen LogP contribution in [0.3, 0.4) is 0 Å². The Bertz CT molecular complexity index is 180. The van der Waals surface area contributed by atoms with Crippen LogP contribution in [-0.2, 0) is 0 Å². The Morgan fingerprint density at radius 2 is 2.00 bits per heavy atom. The molecule has 1 saturated heterocycles. The molecule has 5 nitrogen and oxygen atoms in total. The van der Waals surface area contributed by atoms with Gasteiger partial charge in [0, 0.05) is 25.1 Å². The van der Waals surface area contributed by atoms with Crippen LogP contribution < -0.4 is 11.1 Å². The fourth-order valence-corrected chi connectivity index (χ4v) is 2.13. The summed E-state index contributed by atoms with van der Waals surface area (Å²) in [5, 5.41) is 31.4. The zero-order chi connectivity index (χ0) is 11.3. The summed E-state index contributed by atoms with van der Waals surface area (Å²) in [7, 11) is 0. The highest BCUT2D eigenvalue weighted by molar-refractivity contribution is 4.91. The van der Waals surface area contributed by atoms with Crippen LogP contribution in [-0.4, -0.2) is 53.3 Å². The van der Waals surface area contributed by atoms with Crippen molar-refractivity contribution in [3.8, 4) is 0 Å². The molecule has 0 aromatic rings. The average molecular weight is 218 g/mol. The van der Waals surface area contributed by atoms with Crippen LogP contribution in [0.1, 0.15) is 19.3 Å². The number of nitrogens with one attached hydrogen (secondary N) is 1. The second kappa shape index (κ2) is 6.40. The van der Waals surface area contributed by atoms with Gasteiger partial charge in [-0.05, 0) is 19.4 Å². The minimum Gasteiger partial charge on any atom is -0.396 e. The molecule has 0 bridgehead atoms. The highest BCUT2D eigenvalue weighted by Gasteiger charge is 2.36. The van der Waals surface area contributed by atoms with Crippen LogP contribution in [0.5, 0.6) is 0 Å². The van der Waals surface area contributed by atoms with Crippen LogP contribution in [0.2, 0.25) is 0 Å². The van der Waals surface area contributed by atoms with Crippen molar-refractivity contribution in [2.45, 2.75) is 37.5 Å². The molecule has 6 N–H and O–H groups in total. The van der Waals surface area contributed by atoms with Crippen molar-refractivity contribution >= 4 is 0 Å². The maximum atomic E-state index is 9.69. The number of piperidine rings is 1. The lowest BCUT2D eigenvalue weighted by molar-refractivity contribution is -0.0679. The number of unbranched alkanes of at least 4 members (excludes halogenated alkanes) is 1. The summed E-state index contributed by atoms with van der Waals surface area (Å²) < 4.78 is 0. The summed E-state index contributed by atoms with van der Waals surface area (Å²) in [4.78, 5) is 0. The maximum absolute atomic E-state index is 9.69.